The van der Waals surface area contributed by atoms with E-state index in [1.54, 1.807) is 36.2 Å². The van der Waals surface area contributed by atoms with Crippen LogP contribution in [-0.4, -0.2) is 52.1 Å². The lowest BCUT2D eigenvalue weighted by molar-refractivity contribution is 0.0951. The predicted molar refractivity (Wildman–Crippen MR) is 123 cm³/mol. The number of fused-ring (bicyclic) bond motifs is 1. The quantitative estimate of drug-likeness (QED) is 0.346. The van der Waals surface area contributed by atoms with Gasteiger partial charge in [-0.25, -0.2) is 14.6 Å². The van der Waals surface area contributed by atoms with Gasteiger partial charge in [-0.3, -0.25) is 4.79 Å². The Balaban J connectivity index is 1.73. The summed E-state index contributed by atoms with van der Waals surface area (Å²) < 4.78 is 7.70. The molecule has 0 saturated heterocycles. The van der Waals surface area contributed by atoms with Gasteiger partial charge in [0.25, 0.3) is 5.91 Å². The number of aromatic nitrogens is 4. The van der Waals surface area contributed by atoms with Crippen molar-refractivity contribution < 1.29 is 9.53 Å². The van der Waals surface area contributed by atoms with E-state index in [0.717, 1.165) is 23.4 Å². The van der Waals surface area contributed by atoms with Crippen LogP contribution in [0.2, 0.25) is 0 Å². The Morgan fingerprint density at radius 3 is 2.83 bits per heavy atom. The second-order valence-electron chi connectivity index (χ2n) is 7.04. The molecular formula is C20H25BrN6O2S. The molecule has 0 radical (unpaired) electrons. The van der Waals surface area contributed by atoms with E-state index in [1.165, 1.54) is 11.8 Å². The van der Waals surface area contributed by atoms with E-state index < -0.39 is 0 Å². The maximum absolute atomic E-state index is 12.6. The van der Waals surface area contributed by atoms with Gasteiger partial charge in [-0.15, -0.1) is 0 Å². The van der Waals surface area contributed by atoms with Crippen molar-refractivity contribution in [2.75, 3.05) is 31.8 Å². The van der Waals surface area contributed by atoms with E-state index in [9.17, 15) is 4.79 Å². The highest BCUT2D eigenvalue weighted by molar-refractivity contribution is 9.10. The number of nitrogens with zero attached hydrogens (tertiary/aromatic N) is 4. The van der Waals surface area contributed by atoms with Crippen molar-refractivity contribution in [2.24, 2.45) is 5.92 Å². The molecule has 1 aromatic carbocycles. The molecule has 0 aliphatic heterocycles. The third-order valence-corrected chi connectivity index (χ3v) is 5.60. The van der Waals surface area contributed by atoms with Crippen molar-refractivity contribution in [1.82, 2.24) is 25.1 Å². The van der Waals surface area contributed by atoms with Crippen molar-refractivity contribution in [2.45, 2.75) is 25.5 Å². The number of halogens is 1. The van der Waals surface area contributed by atoms with Gasteiger partial charge in [0.1, 0.15) is 11.6 Å². The summed E-state index contributed by atoms with van der Waals surface area (Å²) in [5, 5.41) is 12.3. The number of benzene rings is 1. The zero-order chi connectivity index (χ0) is 21.7. The second-order valence-corrected chi connectivity index (χ2v) is 8.67. The van der Waals surface area contributed by atoms with Crippen molar-refractivity contribution in [3.05, 3.63) is 34.4 Å². The van der Waals surface area contributed by atoms with Crippen LogP contribution in [0.5, 0.6) is 5.75 Å². The molecule has 2 heterocycles. The second kappa shape index (κ2) is 10.1. The Hall–Kier alpha value is -2.33. The minimum Gasteiger partial charge on any atom is -0.497 e. The first-order valence-corrected chi connectivity index (χ1v) is 11.6. The van der Waals surface area contributed by atoms with Crippen LogP contribution in [0.25, 0.3) is 11.0 Å². The zero-order valence-corrected chi connectivity index (χ0v) is 19.8. The number of carbonyl (C=O) groups is 1. The SMILES string of the molecule is COc1ccc(Br)c(C(=O)NCCn2ncc3c(NCC(C)C)nc(SC)nc32)c1. The highest BCUT2D eigenvalue weighted by atomic mass is 79.9. The van der Waals surface area contributed by atoms with Crippen LogP contribution in [0.4, 0.5) is 5.82 Å². The first kappa shape index (κ1) is 22.4. The number of methoxy groups -OCH3 is 1. The Morgan fingerprint density at radius 2 is 2.13 bits per heavy atom. The maximum Gasteiger partial charge on any atom is 0.252 e. The number of nitrogens with one attached hydrogen (secondary N) is 2. The summed E-state index contributed by atoms with van der Waals surface area (Å²) in [6.45, 7) is 6.01. The highest BCUT2D eigenvalue weighted by Crippen LogP contribution is 2.24. The normalized spacial score (nSPS) is 11.1. The Bertz CT molecular complexity index is 1040. The van der Waals surface area contributed by atoms with E-state index in [4.69, 9.17) is 4.74 Å². The molecule has 8 nitrogen and oxygen atoms in total. The molecule has 0 bridgehead atoms. The topological polar surface area (TPSA) is 94.0 Å². The third kappa shape index (κ3) is 5.23. The number of carbonyl (C=O) groups excluding carboxylic acids is 1. The number of ether oxygens (including phenoxy) is 1. The number of thioether (sulfide) groups is 1. The molecule has 160 valence electrons. The van der Waals surface area contributed by atoms with Gasteiger partial charge < -0.3 is 15.4 Å². The van der Waals surface area contributed by atoms with Gasteiger partial charge in [0.05, 0.1) is 30.8 Å². The molecule has 0 atom stereocenters. The van der Waals surface area contributed by atoms with Gasteiger partial charge in [0, 0.05) is 17.6 Å². The molecule has 0 fully saturated rings. The molecule has 10 heteroatoms. The first-order chi connectivity index (χ1) is 14.4. The standard InChI is InChI=1S/C20H25BrN6O2S/c1-12(2)10-23-17-15-11-24-27(18(15)26-20(25-17)30-4)8-7-22-19(28)14-9-13(29-3)5-6-16(14)21/h5-6,9,11-12H,7-8,10H2,1-4H3,(H,22,28)(H,23,25,26). The van der Waals surface area contributed by atoms with Crippen LogP contribution < -0.4 is 15.4 Å². The van der Waals surface area contributed by atoms with E-state index >= 15 is 0 Å². The van der Waals surface area contributed by atoms with Gasteiger partial charge in [0.2, 0.25) is 0 Å². The van der Waals surface area contributed by atoms with E-state index in [0.29, 0.717) is 39.9 Å². The van der Waals surface area contributed by atoms with E-state index in [-0.39, 0.29) is 5.91 Å². The van der Waals surface area contributed by atoms with Crippen LogP contribution in [0.3, 0.4) is 0 Å². The lowest BCUT2D eigenvalue weighted by Gasteiger charge is -2.11. The van der Waals surface area contributed by atoms with Crippen molar-refractivity contribution in [1.29, 1.82) is 0 Å². The molecule has 0 unspecified atom stereocenters. The Labute approximate surface area is 188 Å². The van der Waals surface area contributed by atoms with Crippen LogP contribution in [0, 0.1) is 5.92 Å². The lowest BCUT2D eigenvalue weighted by atomic mass is 10.2. The summed E-state index contributed by atoms with van der Waals surface area (Å²) in [6, 6.07) is 5.29. The van der Waals surface area contributed by atoms with E-state index in [1.807, 2.05) is 6.26 Å². The Morgan fingerprint density at radius 1 is 1.33 bits per heavy atom. The number of amides is 1. The molecule has 0 aliphatic carbocycles. The van der Waals surface area contributed by atoms with Crippen molar-refractivity contribution in [3.63, 3.8) is 0 Å². The molecule has 2 N–H and O–H groups in total. The van der Waals surface area contributed by atoms with Gasteiger partial charge >= 0.3 is 0 Å². The minimum atomic E-state index is -0.184. The molecule has 3 aromatic rings. The molecule has 2 aromatic heterocycles. The molecule has 3 rings (SSSR count). The van der Waals surface area contributed by atoms with Crippen molar-refractivity contribution in [3.8, 4) is 5.75 Å². The predicted octanol–water partition coefficient (Wildman–Crippen LogP) is 3.82. The average molecular weight is 493 g/mol. The first-order valence-electron chi connectivity index (χ1n) is 9.56. The van der Waals surface area contributed by atoms with Gasteiger partial charge in [-0.2, -0.15) is 5.10 Å². The summed E-state index contributed by atoms with van der Waals surface area (Å²) >= 11 is 4.90. The van der Waals surface area contributed by atoms with Crippen molar-refractivity contribution >= 4 is 50.5 Å². The summed E-state index contributed by atoms with van der Waals surface area (Å²) in [5.41, 5.74) is 1.27. The van der Waals surface area contributed by atoms with E-state index in [2.05, 4.69) is 55.5 Å². The fraction of sp³-hybridized carbons (Fsp3) is 0.400. The summed E-state index contributed by atoms with van der Waals surface area (Å²) in [7, 11) is 1.57. The molecule has 30 heavy (non-hydrogen) atoms. The summed E-state index contributed by atoms with van der Waals surface area (Å²) in [5.74, 6) is 1.72. The summed E-state index contributed by atoms with van der Waals surface area (Å²) in [6.07, 6.45) is 3.71. The zero-order valence-electron chi connectivity index (χ0n) is 17.4. The molecular weight excluding hydrogens is 468 g/mol. The minimum absolute atomic E-state index is 0.184. The summed E-state index contributed by atoms with van der Waals surface area (Å²) in [4.78, 5) is 21.8. The number of rotatable bonds is 9. The highest BCUT2D eigenvalue weighted by Gasteiger charge is 2.14. The monoisotopic (exact) mass is 492 g/mol. The van der Waals surface area contributed by atoms with Gasteiger partial charge in [-0.05, 0) is 46.3 Å². The van der Waals surface area contributed by atoms with Crippen LogP contribution in [-0.2, 0) is 6.54 Å². The number of hydrogen-bond donors (Lipinski definition) is 2. The Kier molecular flexibility index (Phi) is 7.54. The van der Waals surface area contributed by atoms with Crippen LogP contribution in [0.15, 0.2) is 34.0 Å². The average Bonchev–Trinajstić information content (AvgIpc) is 3.15. The smallest absolute Gasteiger partial charge is 0.252 e. The fourth-order valence-electron chi connectivity index (χ4n) is 2.80. The van der Waals surface area contributed by atoms with Crippen LogP contribution in [0.1, 0.15) is 24.2 Å². The van der Waals surface area contributed by atoms with Crippen LogP contribution >= 0.6 is 27.7 Å². The molecule has 0 spiro atoms. The largest absolute Gasteiger partial charge is 0.497 e. The molecule has 0 aliphatic rings. The van der Waals surface area contributed by atoms with Gasteiger partial charge in [0.15, 0.2) is 10.8 Å². The lowest BCUT2D eigenvalue weighted by Crippen LogP contribution is -2.28. The number of anilines is 1. The molecule has 1 amide bonds. The maximum atomic E-state index is 12.6. The third-order valence-electron chi connectivity index (χ3n) is 4.36. The van der Waals surface area contributed by atoms with Gasteiger partial charge in [-0.1, -0.05) is 25.6 Å². The molecule has 0 saturated carbocycles. The number of hydrogen-bond acceptors (Lipinski definition) is 7. The fourth-order valence-corrected chi connectivity index (χ4v) is 3.59.